The van der Waals surface area contributed by atoms with E-state index in [0.717, 1.165) is 26.7 Å². The van der Waals surface area contributed by atoms with Crippen LogP contribution in [0, 0.1) is 13.8 Å². The molecule has 0 aliphatic carbocycles. The van der Waals surface area contributed by atoms with Crippen LogP contribution in [0.4, 0.5) is 0 Å². The number of hydrogen-bond acceptors (Lipinski definition) is 1. The van der Waals surface area contributed by atoms with Crippen LogP contribution in [0.1, 0.15) is 29.7 Å². The second-order valence-electron chi connectivity index (χ2n) is 5.16. The summed E-state index contributed by atoms with van der Waals surface area (Å²) in [6.07, 6.45) is 0. The number of benzene rings is 2. The molecule has 0 radical (unpaired) electrons. The SMILES string of the molecule is CNC(C)c1ccc(-c2cc(C)c(C)cc2Cl)cc1Cl. The fourth-order valence-corrected chi connectivity index (χ4v) is 2.88. The molecule has 2 rings (SSSR count). The summed E-state index contributed by atoms with van der Waals surface area (Å²) in [5.41, 5.74) is 5.60. The van der Waals surface area contributed by atoms with Crippen LogP contribution >= 0.6 is 23.2 Å². The van der Waals surface area contributed by atoms with Gasteiger partial charge < -0.3 is 5.32 Å². The van der Waals surface area contributed by atoms with Gasteiger partial charge in [0.05, 0.1) is 0 Å². The zero-order chi connectivity index (χ0) is 14.9. The summed E-state index contributed by atoms with van der Waals surface area (Å²) in [6.45, 7) is 6.24. The standard InChI is InChI=1S/C17H19Cl2N/c1-10-7-15(16(18)8-11(10)2)13-5-6-14(12(3)20-4)17(19)9-13/h5-9,12,20H,1-4H3. The van der Waals surface area contributed by atoms with Crippen molar-refractivity contribution in [1.29, 1.82) is 0 Å². The molecular formula is C17H19Cl2N. The first-order valence-electron chi connectivity index (χ1n) is 6.68. The van der Waals surface area contributed by atoms with Crippen molar-refractivity contribution in [3.63, 3.8) is 0 Å². The monoisotopic (exact) mass is 307 g/mol. The van der Waals surface area contributed by atoms with Crippen LogP contribution in [0.3, 0.4) is 0 Å². The zero-order valence-electron chi connectivity index (χ0n) is 12.2. The Morgan fingerprint density at radius 1 is 0.950 bits per heavy atom. The van der Waals surface area contributed by atoms with Crippen LogP contribution in [-0.2, 0) is 0 Å². The minimum Gasteiger partial charge on any atom is -0.313 e. The highest BCUT2D eigenvalue weighted by Gasteiger charge is 2.11. The highest BCUT2D eigenvalue weighted by atomic mass is 35.5. The molecule has 1 unspecified atom stereocenters. The van der Waals surface area contributed by atoms with Crippen molar-refractivity contribution in [3.8, 4) is 11.1 Å². The third kappa shape index (κ3) is 3.01. The first kappa shape index (κ1) is 15.4. The lowest BCUT2D eigenvalue weighted by Crippen LogP contribution is -2.12. The second kappa shape index (κ2) is 6.17. The lowest BCUT2D eigenvalue weighted by Gasteiger charge is -2.15. The van der Waals surface area contributed by atoms with Crippen LogP contribution < -0.4 is 5.32 Å². The molecule has 0 aliphatic heterocycles. The first-order chi connectivity index (χ1) is 9.43. The molecule has 3 heteroatoms. The van der Waals surface area contributed by atoms with Crippen LogP contribution in [0.15, 0.2) is 30.3 Å². The normalized spacial score (nSPS) is 12.5. The van der Waals surface area contributed by atoms with Gasteiger partial charge in [-0.25, -0.2) is 0 Å². The minimum atomic E-state index is 0.228. The number of nitrogens with one attached hydrogen (secondary N) is 1. The van der Waals surface area contributed by atoms with Crippen molar-refractivity contribution in [2.75, 3.05) is 7.05 Å². The van der Waals surface area contributed by atoms with Gasteiger partial charge in [0.25, 0.3) is 0 Å². The molecule has 0 aromatic heterocycles. The number of rotatable bonds is 3. The number of aryl methyl sites for hydroxylation is 2. The Morgan fingerprint density at radius 3 is 2.20 bits per heavy atom. The van der Waals surface area contributed by atoms with Crippen molar-refractivity contribution in [2.24, 2.45) is 0 Å². The molecular weight excluding hydrogens is 289 g/mol. The number of hydrogen-bond donors (Lipinski definition) is 1. The summed E-state index contributed by atoms with van der Waals surface area (Å²) < 4.78 is 0. The maximum atomic E-state index is 6.39. The van der Waals surface area contributed by atoms with Crippen LogP contribution in [0.25, 0.3) is 11.1 Å². The smallest absolute Gasteiger partial charge is 0.0487 e. The minimum absolute atomic E-state index is 0.228. The van der Waals surface area contributed by atoms with Crippen LogP contribution in [0.5, 0.6) is 0 Å². The summed E-state index contributed by atoms with van der Waals surface area (Å²) in [4.78, 5) is 0. The van der Waals surface area contributed by atoms with Gasteiger partial charge in [0, 0.05) is 21.7 Å². The second-order valence-corrected chi connectivity index (χ2v) is 5.98. The maximum Gasteiger partial charge on any atom is 0.0487 e. The van der Waals surface area contributed by atoms with Gasteiger partial charge in [0.2, 0.25) is 0 Å². The van der Waals surface area contributed by atoms with Crippen molar-refractivity contribution in [3.05, 3.63) is 57.1 Å². The van der Waals surface area contributed by atoms with Gasteiger partial charge in [0.1, 0.15) is 0 Å². The van der Waals surface area contributed by atoms with Gasteiger partial charge in [-0.3, -0.25) is 0 Å². The average Bonchev–Trinajstić information content (AvgIpc) is 2.42. The molecule has 20 heavy (non-hydrogen) atoms. The van der Waals surface area contributed by atoms with E-state index in [1.807, 2.05) is 19.2 Å². The quantitative estimate of drug-likeness (QED) is 0.783. The van der Waals surface area contributed by atoms with Crippen molar-refractivity contribution >= 4 is 23.2 Å². The lowest BCUT2D eigenvalue weighted by molar-refractivity contribution is 0.652. The van der Waals surface area contributed by atoms with Gasteiger partial charge in [-0.05, 0) is 68.3 Å². The molecule has 0 saturated heterocycles. The van der Waals surface area contributed by atoms with E-state index in [0.29, 0.717) is 0 Å². The Labute approximate surface area is 130 Å². The molecule has 0 aliphatic rings. The molecule has 0 saturated carbocycles. The Morgan fingerprint density at radius 2 is 1.60 bits per heavy atom. The van der Waals surface area contributed by atoms with E-state index < -0.39 is 0 Å². The van der Waals surface area contributed by atoms with E-state index >= 15 is 0 Å². The molecule has 1 nitrogen and oxygen atoms in total. The molecule has 0 spiro atoms. The molecule has 0 fully saturated rings. The van der Waals surface area contributed by atoms with Gasteiger partial charge in [0.15, 0.2) is 0 Å². The van der Waals surface area contributed by atoms with Crippen LogP contribution in [-0.4, -0.2) is 7.05 Å². The third-order valence-corrected chi connectivity index (χ3v) is 4.43. The Kier molecular flexibility index (Phi) is 4.74. The van der Waals surface area contributed by atoms with E-state index in [-0.39, 0.29) is 6.04 Å². The summed E-state index contributed by atoms with van der Waals surface area (Å²) in [5, 5.41) is 4.72. The van der Waals surface area contributed by atoms with Gasteiger partial charge in [-0.2, -0.15) is 0 Å². The molecule has 1 N–H and O–H groups in total. The molecule has 1 atom stereocenters. The number of halogens is 2. The summed E-state index contributed by atoms with van der Waals surface area (Å²) >= 11 is 12.8. The molecule has 2 aromatic carbocycles. The predicted octanol–water partition coefficient (Wildman–Crippen LogP) is 5.56. The van der Waals surface area contributed by atoms with Gasteiger partial charge >= 0.3 is 0 Å². The Hall–Kier alpha value is -1.02. The fraction of sp³-hybridized carbons (Fsp3) is 0.294. The van der Waals surface area contributed by atoms with E-state index in [1.165, 1.54) is 11.1 Å². The van der Waals surface area contributed by atoms with E-state index in [1.54, 1.807) is 0 Å². The van der Waals surface area contributed by atoms with Gasteiger partial charge in [-0.15, -0.1) is 0 Å². The highest BCUT2D eigenvalue weighted by Crippen LogP contribution is 2.34. The summed E-state index contributed by atoms with van der Waals surface area (Å²) in [6, 6.07) is 10.5. The van der Waals surface area contributed by atoms with Crippen LogP contribution in [0.2, 0.25) is 10.0 Å². The van der Waals surface area contributed by atoms with Crippen molar-refractivity contribution < 1.29 is 0 Å². The molecule has 0 bridgehead atoms. The summed E-state index contributed by atoms with van der Waals surface area (Å²) in [7, 11) is 1.93. The first-order valence-corrected chi connectivity index (χ1v) is 7.43. The van der Waals surface area contributed by atoms with E-state index in [9.17, 15) is 0 Å². The molecule has 106 valence electrons. The fourth-order valence-electron chi connectivity index (χ4n) is 2.20. The highest BCUT2D eigenvalue weighted by molar-refractivity contribution is 6.34. The zero-order valence-corrected chi connectivity index (χ0v) is 13.7. The van der Waals surface area contributed by atoms with Crippen molar-refractivity contribution in [1.82, 2.24) is 5.32 Å². The maximum absolute atomic E-state index is 6.39. The molecule has 0 heterocycles. The average molecular weight is 308 g/mol. The van der Waals surface area contributed by atoms with Gasteiger partial charge in [-0.1, -0.05) is 35.3 Å². The van der Waals surface area contributed by atoms with E-state index in [4.69, 9.17) is 23.2 Å². The molecule has 0 amide bonds. The molecule has 2 aromatic rings. The predicted molar refractivity (Wildman–Crippen MR) is 88.8 cm³/mol. The van der Waals surface area contributed by atoms with Crippen molar-refractivity contribution in [2.45, 2.75) is 26.8 Å². The Balaban J connectivity index is 2.49. The lowest BCUT2D eigenvalue weighted by atomic mass is 9.98. The third-order valence-electron chi connectivity index (χ3n) is 3.79. The summed E-state index contributed by atoms with van der Waals surface area (Å²) in [5.74, 6) is 0. The Bertz CT molecular complexity index is 635. The topological polar surface area (TPSA) is 12.0 Å². The largest absolute Gasteiger partial charge is 0.313 e. The van der Waals surface area contributed by atoms with E-state index in [2.05, 4.69) is 44.3 Å².